The lowest BCUT2D eigenvalue weighted by Gasteiger charge is -1.90. The smallest absolute Gasteiger partial charge is 0.123 e. The van der Waals surface area contributed by atoms with Crippen molar-refractivity contribution in [2.45, 2.75) is 0 Å². The van der Waals surface area contributed by atoms with E-state index in [0.717, 1.165) is 5.56 Å². The Morgan fingerprint density at radius 2 is 1.91 bits per heavy atom. The second-order valence-electron chi connectivity index (χ2n) is 2.12. The normalized spacial score (nSPS) is 10.7. The van der Waals surface area contributed by atoms with Crippen molar-refractivity contribution in [3.63, 3.8) is 0 Å². The number of benzene rings is 1. The molecule has 0 aromatic heterocycles. The lowest BCUT2D eigenvalue weighted by molar-refractivity contribution is 0.233. The highest BCUT2D eigenvalue weighted by Gasteiger charge is 1.87. The van der Waals surface area contributed by atoms with Crippen molar-refractivity contribution in [2.24, 2.45) is 0 Å². The van der Waals surface area contributed by atoms with E-state index in [1.165, 1.54) is 18.2 Å². The minimum absolute atomic E-state index is 0.239. The van der Waals surface area contributed by atoms with Gasteiger partial charge in [-0.3, -0.25) is 0 Å². The molecule has 0 amide bonds. The molecule has 0 aliphatic heterocycles. The maximum Gasteiger partial charge on any atom is 0.123 e. The van der Waals surface area contributed by atoms with Crippen molar-refractivity contribution in [3.05, 3.63) is 41.7 Å². The van der Waals surface area contributed by atoms with E-state index in [-0.39, 0.29) is 12.4 Å². The Labute approximate surface area is 64.8 Å². The Hall–Kier alpha value is -1.15. The van der Waals surface area contributed by atoms with Gasteiger partial charge in [0.15, 0.2) is 0 Å². The zero-order chi connectivity index (χ0) is 8.10. The third-order valence-corrected chi connectivity index (χ3v) is 1.28. The van der Waals surface area contributed by atoms with Gasteiger partial charge in [-0.2, -0.15) is 0 Å². The molecule has 0 aliphatic rings. The first-order valence-electron chi connectivity index (χ1n) is 3.33. The Bertz CT molecular complexity index is 238. The second-order valence-corrected chi connectivity index (χ2v) is 2.12. The van der Waals surface area contributed by atoms with Crippen LogP contribution < -0.4 is 0 Å². The molecule has 1 rings (SSSR count). The molecule has 0 unspecified atom stereocenters. The van der Waals surface area contributed by atoms with Gasteiger partial charge in [-0.05, 0) is 17.7 Å². The summed E-state index contributed by atoms with van der Waals surface area (Å²) in [7, 11) is 0. The lowest BCUT2D eigenvalue weighted by atomic mass is 10.2. The summed E-state index contributed by atoms with van der Waals surface area (Å²) < 4.78 is 12.3. The van der Waals surface area contributed by atoms with Gasteiger partial charge >= 0.3 is 0 Å². The molecule has 1 radical (unpaired) electrons. The van der Waals surface area contributed by atoms with Gasteiger partial charge in [0.05, 0.1) is 0 Å². The van der Waals surface area contributed by atoms with Gasteiger partial charge in [0.2, 0.25) is 0 Å². The zero-order valence-corrected chi connectivity index (χ0v) is 5.96. The predicted molar refractivity (Wildman–Crippen MR) is 41.0 cm³/mol. The van der Waals surface area contributed by atoms with E-state index in [1.807, 2.05) is 0 Å². The first-order valence-corrected chi connectivity index (χ1v) is 3.33. The molecule has 57 valence electrons. The summed E-state index contributed by atoms with van der Waals surface area (Å²) in [5, 5.41) is 10.0. The van der Waals surface area contributed by atoms with Crippen LogP contribution in [0.5, 0.6) is 0 Å². The third-order valence-electron chi connectivity index (χ3n) is 1.28. The first kappa shape index (κ1) is 7.95. The maximum atomic E-state index is 12.3. The van der Waals surface area contributed by atoms with E-state index in [0.29, 0.717) is 0 Å². The molecular formula is C9H8FO. The van der Waals surface area contributed by atoms with Crippen LogP contribution in [0.25, 0.3) is 6.08 Å². The van der Waals surface area contributed by atoms with E-state index in [9.17, 15) is 9.50 Å². The summed E-state index contributed by atoms with van der Waals surface area (Å²) in [6.07, 6.45) is 3.17. The van der Waals surface area contributed by atoms with Crippen molar-refractivity contribution < 1.29 is 9.50 Å². The van der Waals surface area contributed by atoms with Crippen molar-refractivity contribution in [2.75, 3.05) is 6.61 Å². The summed E-state index contributed by atoms with van der Waals surface area (Å²) in [4.78, 5) is 0. The molecule has 1 aromatic carbocycles. The van der Waals surface area contributed by atoms with E-state index in [2.05, 4.69) is 0 Å². The van der Waals surface area contributed by atoms with Gasteiger partial charge in [0.25, 0.3) is 0 Å². The van der Waals surface area contributed by atoms with Crippen LogP contribution >= 0.6 is 0 Å². The van der Waals surface area contributed by atoms with Crippen molar-refractivity contribution >= 4 is 6.08 Å². The van der Waals surface area contributed by atoms with Crippen LogP contribution in [0.3, 0.4) is 0 Å². The summed E-state index contributed by atoms with van der Waals surface area (Å²) in [6, 6.07) is 5.98. The van der Waals surface area contributed by atoms with E-state index in [1.54, 1.807) is 18.2 Å². The highest BCUT2D eigenvalue weighted by Crippen LogP contribution is 2.03. The fourth-order valence-corrected chi connectivity index (χ4v) is 0.758. The lowest BCUT2D eigenvalue weighted by Crippen LogP contribution is -1.75. The molecule has 0 atom stereocenters. The molecule has 1 nitrogen and oxygen atoms in total. The average Bonchev–Trinajstić information content (AvgIpc) is 2.04. The van der Waals surface area contributed by atoms with Gasteiger partial charge < -0.3 is 0 Å². The first-order chi connectivity index (χ1) is 5.33. The number of hydrogen-bond donors (Lipinski definition) is 0. The molecule has 2 heteroatoms. The summed E-state index contributed by atoms with van der Waals surface area (Å²) in [6.45, 7) is -0.239. The van der Waals surface area contributed by atoms with Crippen LogP contribution in [0.15, 0.2) is 30.3 Å². The molecule has 0 heterocycles. The Morgan fingerprint density at radius 3 is 2.45 bits per heavy atom. The molecule has 11 heavy (non-hydrogen) atoms. The van der Waals surface area contributed by atoms with Crippen molar-refractivity contribution in [1.29, 1.82) is 0 Å². The molecule has 0 N–H and O–H groups in total. The van der Waals surface area contributed by atoms with Gasteiger partial charge in [-0.15, -0.1) is 0 Å². The summed E-state index contributed by atoms with van der Waals surface area (Å²) >= 11 is 0. The molecule has 0 saturated heterocycles. The topological polar surface area (TPSA) is 19.9 Å². The zero-order valence-electron chi connectivity index (χ0n) is 5.96. The van der Waals surface area contributed by atoms with Crippen LogP contribution in [-0.4, -0.2) is 6.61 Å². The Morgan fingerprint density at radius 1 is 1.27 bits per heavy atom. The minimum Gasteiger partial charge on any atom is -0.232 e. The molecule has 1 aromatic rings. The molecule has 0 fully saturated rings. The van der Waals surface area contributed by atoms with Crippen LogP contribution in [0, 0.1) is 5.82 Å². The van der Waals surface area contributed by atoms with E-state index >= 15 is 0 Å². The largest absolute Gasteiger partial charge is 0.232 e. The highest BCUT2D eigenvalue weighted by atomic mass is 19.1. The van der Waals surface area contributed by atoms with E-state index in [4.69, 9.17) is 0 Å². The third kappa shape index (κ3) is 2.51. The molecule has 0 saturated carbocycles. The van der Waals surface area contributed by atoms with Crippen LogP contribution in [0.1, 0.15) is 5.56 Å². The minimum atomic E-state index is -0.260. The summed E-state index contributed by atoms with van der Waals surface area (Å²) in [5.74, 6) is -0.260. The summed E-state index contributed by atoms with van der Waals surface area (Å²) in [5.41, 5.74) is 0.849. The Balaban J connectivity index is 2.73. The molecular weight excluding hydrogens is 143 g/mol. The molecule has 0 aliphatic carbocycles. The second kappa shape index (κ2) is 3.88. The quantitative estimate of drug-likeness (QED) is 0.618. The van der Waals surface area contributed by atoms with Crippen LogP contribution in [0.2, 0.25) is 0 Å². The number of rotatable bonds is 2. The highest BCUT2D eigenvalue weighted by molar-refractivity contribution is 5.48. The SMILES string of the molecule is [O]CC=Cc1ccc(F)cc1. The van der Waals surface area contributed by atoms with Gasteiger partial charge in [0.1, 0.15) is 12.4 Å². The van der Waals surface area contributed by atoms with Gasteiger partial charge in [0, 0.05) is 0 Å². The van der Waals surface area contributed by atoms with E-state index < -0.39 is 0 Å². The average molecular weight is 151 g/mol. The molecule has 0 spiro atoms. The number of halogens is 1. The van der Waals surface area contributed by atoms with Gasteiger partial charge in [-0.25, -0.2) is 9.50 Å². The van der Waals surface area contributed by atoms with Crippen LogP contribution in [-0.2, 0) is 5.11 Å². The molecule has 0 bridgehead atoms. The number of hydrogen-bond acceptors (Lipinski definition) is 0. The standard InChI is InChI=1S/C9H8FO/c10-9-5-3-8(4-6-9)2-1-7-11/h1-6H,7H2. The fraction of sp³-hybridized carbons (Fsp3) is 0.111. The fourth-order valence-electron chi connectivity index (χ4n) is 0.758. The monoisotopic (exact) mass is 151 g/mol. The van der Waals surface area contributed by atoms with Crippen molar-refractivity contribution in [3.8, 4) is 0 Å². The van der Waals surface area contributed by atoms with Crippen molar-refractivity contribution in [1.82, 2.24) is 0 Å². The van der Waals surface area contributed by atoms with Crippen LogP contribution in [0.4, 0.5) is 4.39 Å². The van der Waals surface area contributed by atoms with Gasteiger partial charge in [-0.1, -0.05) is 24.3 Å². The maximum absolute atomic E-state index is 12.3. The predicted octanol–water partition coefficient (Wildman–Crippen LogP) is 2.27. The Kier molecular flexibility index (Phi) is 2.81.